The first kappa shape index (κ1) is 29.0. The Kier molecular flexibility index (Phi) is 8.04. The number of hydrogen-bond acceptors (Lipinski definition) is 6. The van der Waals surface area contributed by atoms with Crippen LogP contribution in [0.3, 0.4) is 0 Å². The highest BCUT2D eigenvalue weighted by atomic mass is 32.2. The molecule has 3 aromatic carbocycles. The van der Waals surface area contributed by atoms with Crippen molar-refractivity contribution in [3.8, 4) is 0 Å². The molecule has 2 heterocycles. The van der Waals surface area contributed by atoms with Gasteiger partial charge in [-0.2, -0.15) is 17.5 Å². The molecule has 1 N–H and O–H groups in total. The van der Waals surface area contributed by atoms with Gasteiger partial charge in [-0.05, 0) is 66.9 Å². The Morgan fingerprint density at radius 1 is 0.829 bits per heavy atom. The molecule has 0 amide bonds. The lowest BCUT2D eigenvalue weighted by Crippen LogP contribution is -2.49. The monoisotopic (exact) mass is 583 g/mol. The summed E-state index contributed by atoms with van der Waals surface area (Å²) in [5.74, 6) is 1.74. The highest BCUT2D eigenvalue weighted by molar-refractivity contribution is 7.89. The Morgan fingerprint density at radius 2 is 1.46 bits per heavy atom. The van der Waals surface area contributed by atoms with Gasteiger partial charge in [-0.25, -0.2) is 18.4 Å². The Morgan fingerprint density at radius 3 is 2.07 bits per heavy atom. The molecule has 0 unspecified atom stereocenters. The van der Waals surface area contributed by atoms with Crippen LogP contribution in [0.4, 0.5) is 24.7 Å². The number of alkyl halides is 3. The van der Waals surface area contributed by atoms with Crippen molar-refractivity contribution in [1.29, 1.82) is 0 Å². The third-order valence-electron chi connectivity index (χ3n) is 7.47. The van der Waals surface area contributed by atoms with E-state index in [0.717, 1.165) is 40.9 Å². The van der Waals surface area contributed by atoms with Crippen LogP contribution in [-0.4, -0.2) is 53.8 Å². The third kappa shape index (κ3) is 6.22. The molecule has 0 saturated carbocycles. The molecule has 1 saturated heterocycles. The van der Waals surface area contributed by atoms with Gasteiger partial charge in [0, 0.05) is 37.3 Å². The zero-order valence-corrected chi connectivity index (χ0v) is 23.9. The van der Waals surface area contributed by atoms with Crippen molar-refractivity contribution in [2.75, 3.05) is 31.5 Å². The number of piperazine rings is 1. The maximum absolute atomic E-state index is 13.1. The highest BCUT2D eigenvalue weighted by Crippen LogP contribution is 2.31. The van der Waals surface area contributed by atoms with E-state index in [9.17, 15) is 21.6 Å². The van der Waals surface area contributed by atoms with Crippen molar-refractivity contribution in [3.05, 3.63) is 89.7 Å². The number of nitrogens with one attached hydrogen (secondary N) is 1. The molecular formula is C30H32F3N5O2S. The minimum atomic E-state index is -4.53. The van der Waals surface area contributed by atoms with Crippen molar-refractivity contribution >= 4 is 32.4 Å². The van der Waals surface area contributed by atoms with Gasteiger partial charge in [-0.1, -0.05) is 38.1 Å². The molecule has 1 atom stereocenters. The van der Waals surface area contributed by atoms with Crippen LogP contribution in [0.15, 0.2) is 77.7 Å². The number of halogens is 3. The van der Waals surface area contributed by atoms with Crippen molar-refractivity contribution in [3.63, 3.8) is 0 Å². The average Bonchev–Trinajstić information content (AvgIpc) is 2.96. The summed E-state index contributed by atoms with van der Waals surface area (Å²) in [5, 5.41) is 4.33. The normalized spacial score (nSPS) is 16.3. The number of aromatic nitrogens is 2. The summed E-state index contributed by atoms with van der Waals surface area (Å²) in [7, 11) is -3.92. The van der Waals surface area contributed by atoms with Gasteiger partial charge in [0.15, 0.2) is 0 Å². The van der Waals surface area contributed by atoms with Gasteiger partial charge in [0.1, 0.15) is 11.6 Å². The predicted molar refractivity (Wildman–Crippen MR) is 154 cm³/mol. The summed E-state index contributed by atoms with van der Waals surface area (Å²) < 4.78 is 66.3. The molecule has 41 heavy (non-hydrogen) atoms. The second-order valence-electron chi connectivity index (χ2n) is 10.5. The molecule has 0 radical (unpaired) electrons. The zero-order chi connectivity index (χ0) is 29.4. The molecule has 1 fully saturated rings. The average molecular weight is 584 g/mol. The van der Waals surface area contributed by atoms with E-state index < -0.39 is 21.8 Å². The molecule has 216 valence electrons. The summed E-state index contributed by atoms with van der Waals surface area (Å²) in [6.07, 6.45) is -4.53. The Labute approximate surface area is 238 Å². The minimum Gasteiger partial charge on any atom is -0.340 e. The summed E-state index contributed by atoms with van der Waals surface area (Å²) in [5.41, 5.74) is 2.08. The van der Waals surface area contributed by atoms with Gasteiger partial charge in [0.2, 0.25) is 10.0 Å². The third-order valence-corrected chi connectivity index (χ3v) is 9.39. The van der Waals surface area contributed by atoms with Gasteiger partial charge < -0.3 is 5.32 Å². The molecule has 0 bridgehead atoms. The van der Waals surface area contributed by atoms with E-state index in [1.165, 1.54) is 9.87 Å². The quantitative estimate of drug-likeness (QED) is 0.265. The van der Waals surface area contributed by atoms with E-state index in [2.05, 4.69) is 36.2 Å². The molecule has 4 aromatic rings. The lowest BCUT2D eigenvalue weighted by Gasteiger charge is -2.37. The standard InChI is InChI=1S/C30H32F3N5O2S/c1-20(2)22-8-12-24(13-9-22)34-29-26-6-4-5-7-27(26)35-28(36-29)21(3)37-16-18-38(19-17-37)41(39,40)25-14-10-23(11-15-25)30(31,32)33/h4-15,20-21H,16-19H2,1-3H3,(H,34,35,36)/t21-/m1/s1. The molecule has 1 aromatic heterocycles. The van der Waals surface area contributed by atoms with Crippen LogP contribution in [0.5, 0.6) is 0 Å². The maximum Gasteiger partial charge on any atom is 0.416 e. The van der Waals surface area contributed by atoms with Crippen LogP contribution in [0.1, 0.15) is 49.7 Å². The summed E-state index contributed by atoms with van der Waals surface area (Å²) in [6.45, 7) is 7.55. The van der Waals surface area contributed by atoms with E-state index in [0.29, 0.717) is 30.6 Å². The number of rotatable bonds is 7. The van der Waals surface area contributed by atoms with Crippen molar-refractivity contribution in [1.82, 2.24) is 19.2 Å². The molecule has 11 heteroatoms. The zero-order valence-electron chi connectivity index (χ0n) is 23.1. The number of benzene rings is 3. The van der Waals surface area contributed by atoms with Gasteiger partial charge in [-0.15, -0.1) is 0 Å². The molecular weight excluding hydrogens is 551 g/mol. The van der Waals surface area contributed by atoms with Crippen molar-refractivity contribution in [2.24, 2.45) is 0 Å². The topological polar surface area (TPSA) is 78.4 Å². The summed E-state index contributed by atoms with van der Waals surface area (Å²) >= 11 is 0. The second kappa shape index (κ2) is 11.4. The molecule has 7 nitrogen and oxygen atoms in total. The van der Waals surface area contributed by atoms with E-state index in [-0.39, 0.29) is 24.0 Å². The lowest BCUT2D eigenvalue weighted by atomic mass is 10.0. The number of nitrogens with zero attached hydrogens (tertiary/aromatic N) is 4. The number of hydrogen-bond donors (Lipinski definition) is 1. The van der Waals surface area contributed by atoms with Gasteiger partial charge in [0.05, 0.1) is 22.0 Å². The smallest absolute Gasteiger partial charge is 0.340 e. The number of fused-ring (bicyclic) bond motifs is 1. The number of para-hydroxylation sites is 1. The van der Waals surface area contributed by atoms with Crippen LogP contribution < -0.4 is 5.32 Å². The molecule has 1 aliphatic rings. The lowest BCUT2D eigenvalue weighted by molar-refractivity contribution is -0.137. The fourth-order valence-electron chi connectivity index (χ4n) is 4.92. The fraction of sp³-hybridized carbons (Fsp3) is 0.333. The molecule has 5 rings (SSSR count). The first-order chi connectivity index (χ1) is 19.4. The highest BCUT2D eigenvalue weighted by Gasteiger charge is 2.33. The summed E-state index contributed by atoms with van der Waals surface area (Å²) in [6, 6.07) is 19.5. The molecule has 0 spiro atoms. The van der Waals surface area contributed by atoms with E-state index in [4.69, 9.17) is 9.97 Å². The largest absolute Gasteiger partial charge is 0.416 e. The Balaban J connectivity index is 1.32. The van der Waals surface area contributed by atoms with Gasteiger partial charge in [-0.3, -0.25) is 4.90 Å². The van der Waals surface area contributed by atoms with E-state index in [1.807, 2.05) is 43.3 Å². The van der Waals surface area contributed by atoms with Crippen LogP contribution in [0.2, 0.25) is 0 Å². The maximum atomic E-state index is 13.1. The van der Waals surface area contributed by atoms with Crippen molar-refractivity contribution < 1.29 is 21.6 Å². The predicted octanol–water partition coefficient (Wildman–Crippen LogP) is 6.58. The van der Waals surface area contributed by atoms with Crippen LogP contribution in [0.25, 0.3) is 10.9 Å². The van der Waals surface area contributed by atoms with Crippen LogP contribution >= 0.6 is 0 Å². The fourth-order valence-corrected chi connectivity index (χ4v) is 6.35. The molecule has 1 aliphatic heterocycles. The number of sulfonamides is 1. The second-order valence-corrected chi connectivity index (χ2v) is 12.4. The number of anilines is 2. The minimum absolute atomic E-state index is 0.151. The van der Waals surface area contributed by atoms with Crippen LogP contribution in [0, 0.1) is 0 Å². The van der Waals surface area contributed by atoms with Gasteiger partial charge in [0.25, 0.3) is 0 Å². The first-order valence-corrected chi connectivity index (χ1v) is 14.9. The van der Waals surface area contributed by atoms with Crippen molar-refractivity contribution in [2.45, 2.75) is 43.8 Å². The first-order valence-electron chi connectivity index (χ1n) is 13.5. The van der Waals surface area contributed by atoms with Gasteiger partial charge >= 0.3 is 6.18 Å². The SMILES string of the molecule is CC(C)c1ccc(Nc2nc([C@@H](C)N3CCN(S(=O)(=O)c4ccc(C(F)(F)F)cc4)CC3)nc3ccccc23)cc1. The Bertz CT molecular complexity index is 1620. The molecule has 0 aliphatic carbocycles. The van der Waals surface area contributed by atoms with Crippen LogP contribution in [-0.2, 0) is 16.2 Å². The van der Waals surface area contributed by atoms with E-state index in [1.54, 1.807) is 0 Å². The summed E-state index contributed by atoms with van der Waals surface area (Å²) in [4.78, 5) is 11.7. The van der Waals surface area contributed by atoms with E-state index >= 15 is 0 Å². The Hall–Kier alpha value is -3.54.